The number of hydrogen-bond acceptors (Lipinski definition) is 4. The Bertz CT molecular complexity index is 793. The van der Waals surface area contributed by atoms with Gasteiger partial charge >= 0.3 is 5.97 Å². The van der Waals surface area contributed by atoms with Crippen LogP contribution in [0.1, 0.15) is 19.4 Å². The van der Waals surface area contributed by atoms with Crippen molar-refractivity contribution in [3.63, 3.8) is 0 Å². The van der Waals surface area contributed by atoms with Gasteiger partial charge < -0.3 is 14.8 Å². The lowest BCUT2D eigenvalue weighted by atomic mass is 10.2. The highest BCUT2D eigenvalue weighted by Crippen LogP contribution is 2.20. The minimum atomic E-state index is -0.987. The number of carbonyl (C=O) groups is 2. The number of carbonyl (C=O) groups excluding carboxylic acids is 2. The Morgan fingerprint density at radius 3 is 2.27 bits per heavy atom. The first-order chi connectivity index (χ1) is 12.3. The summed E-state index contributed by atoms with van der Waals surface area (Å²) >= 11 is 11.8. The zero-order valence-electron chi connectivity index (χ0n) is 14.6. The summed E-state index contributed by atoms with van der Waals surface area (Å²) in [4.78, 5) is 24.3. The first-order valence-electron chi connectivity index (χ1n) is 7.96. The van der Waals surface area contributed by atoms with Crippen LogP contribution in [-0.2, 0) is 14.3 Å². The third-order valence-corrected chi connectivity index (χ3v) is 4.22. The molecule has 0 unspecified atom stereocenters. The maximum Gasteiger partial charge on any atom is 0.347 e. The molecule has 0 radical (unpaired) electrons. The highest BCUT2D eigenvalue weighted by atomic mass is 35.5. The molecule has 2 aromatic carbocycles. The summed E-state index contributed by atoms with van der Waals surface area (Å²) in [5, 5.41) is 3.76. The van der Waals surface area contributed by atoms with Gasteiger partial charge in [0.05, 0.1) is 0 Å². The summed E-state index contributed by atoms with van der Waals surface area (Å²) in [6.45, 7) is 4.89. The SMILES string of the molecule is Cc1ccc(NC(=O)[C@H](C)OC(=O)[C@H](C)Oc2ccc(Cl)cc2)cc1Cl. The Hall–Kier alpha value is -2.24. The number of nitrogens with one attached hydrogen (secondary N) is 1. The first-order valence-corrected chi connectivity index (χ1v) is 8.71. The Kier molecular flexibility index (Phi) is 6.89. The van der Waals surface area contributed by atoms with Gasteiger partial charge in [-0.05, 0) is 62.7 Å². The number of amides is 1. The van der Waals surface area contributed by atoms with Gasteiger partial charge in [0.15, 0.2) is 12.2 Å². The van der Waals surface area contributed by atoms with E-state index in [1.807, 2.05) is 6.92 Å². The number of esters is 1. The Morgan fingerprint density at radius 2 is 1.65 bits per heavy atom. The normalized spacial score (nSPS) is 12.8. The molecule has 2 rings (SSSR count). The molecule has 0 aromatic heterocycles. The van der Waals surface area contributed by atoms with E-state index in [-0.39, 0.29) is 0 Å². The van der Waals surface area contributed by atoms with Crippen LogP contribution >= 0.6 is 23.2 Å². The molecule has 0 saturated heterocycles. The molecule has 0 aliphatic carbocycles. The molecule has 1 N–H and O–H groups in total. The molecule has 7 heteroatoms. The maximum atomic E-state index is 12.2. The minimum Gasteiger partial charge on any atom is -0.479 e. The van der Waals surface area contributed by atoms with Crippen LogP contribution in [0.3, 0.4) is 0 Å². The molecule has 0 heterocycles. The van der Waals surface area contributed by atoms with Crippen LogP contribution in [0, 0.1) is 6.92 Å². The minimum absolute atomic E-state index is 0.461. The number of anilines is 1. The van der Waals surface area contributed by atoms with E-state index in [0.717, 1.165) is 5.56 Å². The molecule has 26 heavy (non-hydrogen) atoms. The average molecular weight is 396 g/mol. The van der Waals surface area contributed by atoms with Gasteiger partial charge in [-0.1, -0.05) is 29.3 Å². The van der Waals surface area contributed by atoms with Crippen LogP contribution in [0.15, 0.2) is 42.5 Å². The van der Waals surface area contributed by atoms with Crippen molar-refractivity contribution in [2.24, 2.45) is 0 Å². The zero-order chi connectivity index (χ0) is 19.3. The summed E-state index contributed by atoms with van der Waals surface area (Å²) in [6.07, 6.45) is -1.86. The van der Waals surface area contributed by atoms with E-state index in [0.29, 0.717) is 21.5 Å². The van der Waals surface area contributed by atoms with Crippen LogP contribution in [-0.4, -0.2) is 24.1 Å². The molecule has 0 saturated carbocycles. The highest BCUT2D eigenvalue weighted by Gasteiger charge is 2.23. The molecule has 0 bridgehead atoms. The van der Waals surface area contributed by atoms with Crippen LogP contribution < -0.4 is 10.1 Å². The van der Waals surface area contributed by atoms with Crippen molar-refractivity contribution in [3.8, 4) is 5.75 Å². The largest absolute Gasteiger partial charge is 0.479 e. The van der Waals surface area contributed by atoms with E-state index in [1.165, 1.54) is 6.92 Å². The zero-order valence-corrected chi connectivity index (χ0v) is 16.1. The second-order valence-corrected chi connectivity index (χ2v) is 6.59. The highest BCUT2D eigenvalue weighted by molar-refractivity contribution is 6.31. The van der Waals surface area contributed by atoms with Gasteiger partial charge in [-0.25, -0.2) is 4.79 Å². The molecule has 2 atom stereocenters. The lowest BCUT2D eigenvalue weighted by Gasteiger charge is -2.18. The molecular weight excluding hydrogens is 377 g/mol. The van der Waals surface area contributed by atoms with Gasteiger partial charge in [0.1, 0.15) is 5.75 Å². The number of halogens is 2. The fraction of sp³-hybridized carbons (Fsp3) is 0.263. The smallest absolute Gasteiger partial charge is 0.347 e. The van der Waals surface area contributed by atoms with Crippen LogP contribution in [0.25, 0.3) is 0 Å². The molecule has 0 aliphatic rings. The van der Waals surface area contributed by atoms with Gasteiger partial charge in [-0.2, -0.15) is 0 Å². The van der Waals surface area contributed by atoms with Gasteiger partial charge in [-0.15, -0.1) is 0 Å². The van der Waals surface area contributed by atoms with Gasteiger partial charge in [0.2, 0.25) is 0 Å². The van der Waals surface area contributed by atoms with E-state index in [4.69, 9.17) is 32.7 Å². The fourth-order valence-electron chi connectivity index (χ4n) is 2.00. The summed E-state index contributed by atoms with van der Waals surface area (Å²) in [7, 11) is 0. The predicted octanol–water partition coefficient (Wildman–Crippen LogP) is 4.64. The van der Waals surface area contributed by atoms with Crippen molar-refractivity contribution in [1.29, 1.82) is 0 Å². The molecule has 2 aromatic rings. The lowest BCUT2D eigenvalue weighted by molar-refractivity contribution is -0.159. The molecule has 1 amide bonds. The molecular formula is C19H19Cl2NO4. The van der Waals surface area contributed by atoms with Crippen molar-refractivity contribution in [2.75, 3.05) is 5.32 Å². The number of benzene rings is 2. The summed E-state index contributed by atoms with van der Waals surface area (Å²) in [5.74, 6) is -0.633. The van der Waals surface area contributed by atoms with Crippen molar-refractivity contribution >= 4 is 40.8 Å². The van der Waals surface area contributed by atoms with Crippen molar-refractivity contribution in [2.45, 2.75) is 33.0 Å². The number of aryl methyl sites for hydroxylation is 1. The predicted molar refractivity (Wildman–Crippen MR) is 102 cm³/mol. The quantitative estimate of drug-likeness (QED) is 0.723. The Morgan fingerprint density at radius 1 is 1.00 bits per heavy atom. The average Bonchev–Trinajstić information content (AvgIpc) is 2.60. The Balaban J connectivity index is 1.89. The van der Waals surface area contributed by atoms with E-state index in [9.17, 15) is 9.59 Å². The molecule has 0 fully saturated rings. The van der Waals surface area contributed by atoms with Crippen molar-refractivity contribution in [1.82, 2.24) is 0 Å². The van der Waals surface area contributed by atoms with Crippen molar-refractivity contribution < 1.29 is 19.1 Å². The van der Waals surface area contributed by atoms with Crippen LogP contribution in [0.4, 0.5) is 5.69 Å². The third kappa shape index (κ3) is 5.64. The second-order valence-electron chi connectivity index (χ2n) is 5.75. The van der Waals surface area contributed by atoms with E-state index < -0.39 is 24.1 Å². The van der Waals surface area contributed by atoms with E-state index in [1.54, 1.807) is 49.4 Å². The standard InChI is InChI=1S/C19H19Cl2NO4/c1-11-4-7-15(10-17(11)21)22-18(23)12(2)26-19(24)13(3)25-16-8-5-14(20)6-9-16/h4-10,12-13H,1-3H3,(H,22,23)/t12-,13-/m0/s1. The van der Waals surface area contributed by atoms with Crippen LogP contribution in [0.5, 0.6) is 5.75 Å². The van der Waals surface area contributed by atoms with Gasteiger partial charge in [0.25, 0.3) is 5.91 Å². The van der Waals surface area contributed by atoms with E-state index in [2.05, 4.69) is 5.32 Å². The third-order valence-electron chi connectivity index (χ3n) is 3.56. The number of rotatable bonds is 6. The van der Waals surface area contributed by atoms with E-state index >= 15 is 0 Å². The number of ether oxygens (including phenoxy) is 2. The van der Waals surface area contributed by atoms with Gasteiger partial charge in [-0.3, -0.25) is 4.79 Å². The molecule has 0 aliphatic heterocycles. The monoisotopic (exact) mass is 395 g/mol. The maximum absolute atomic E-state index is 12.2. The van der Waals surface area contributed by atoms with Crippen LogP contribution in [0.2, 0.25) is 10.0 Å². The summed E-state index contributed by atoms with van der Waals surface area (Å²) in [5.41, 5.74) is 1.43. The molecule has 5 nitrogen and oxygen atoms in total. The summed E-state index contributed by atoms with van der Waals surface area (Å²) < 4.78 is 10.6. The second kappa shape index (κ2) is 8.92. The van der Waals surface area contributed by atoms with Gasteiger partial charge in [0, 0.05) is 15.7 Å². The first kappa shape index (κ1) is 20.1. The molecule has 138 valence electrons. The Labute approximate surface area is 162 Å². The number of hydrogen-bond donors (Lipinski definition) is 1. The lowest BCUT2D eigenvalue weighted by Crippen LogP contribution is -2.35. The fourth-order valence-corrected chi connectivity index (χ4v) is 2.31. The summed E-state index contributed by atoms with van der Waals surface area (Å²) in [6, 6.07) is 11.7. The molecule has 0 spiro atoms. The topological polar surface area (TPSA) is 64.6 Å². The van der Waals surface area contributed by atoms with Crippen molar-refractivity contribution in [3.05, 3.63) is 58.1 Å².